The van der Waals surface area contributed by atoms with Crippen molar-refractivity contribution in [2.75, 3.05) is 6.54 Å². The Kier molecular flexibility index (Phi) is 2.55. The number of amides is 2. The van der Waals surface area contributed by atoms with Gasteiger partial charge in [-0.1, -0.05) is 12.1 Å². The molecule has 4 nitrogen and oxygen atoms in total. The molecule has 5 heteroatoms. The summed E-state index contributed by atoms with van der Waals surface area (Å²) in [5, 5.41) is 3.04. The van der Waals surface area contributed by atoms with E-state index in [0.717, 1.165) is 22.2 Å². The summed E-state index contributed by atoms with van der Waals surface area (Å²) in [5.41, 5.74) is 0.490. The van der Waals surface area contributed by atoms with Gasteiger partial charge in [-0.25, -0.2) is 4.79 Å². The van der Waals surface area contributed by atoms with Gasteiger partial charge in [0.05, 0.1) is 10.5 Å². The number of nitrogens with zero attached hydrogens (tertiary/aromatic N) is 1. The lowest BCUT2D eigenvalue weighted by Gasteiger charge is -2.50. The first-order chi connectivity index (χ1) is 8.55. The molecule has 2 aliphatic heterocycles. The highest BCUT2D eigenvalue weighted by atomic mass is 79.9. The van der Waals surface area contributed by atoms with Crippen LogP contribution in [0, 0.1) is 0 Å². The molecule has 2 heterocycles. The molecule has 1 aromatic rings. The van der Waals surface area contributed by atoms with Gasteiger partial charge < -0.3 is 10.1 Å². The smallest absolute Gasteiger partial charge is 0.320 e. The van der Waals surface area contributed by atoms with E-state index < -0.39 is 5.72 Å². The summed E-state index contributed by atoms with van der Waals surface area (Å²) >= 11 is 3.52. The van der Waals surface area contributed by atoms with Crippen LogP contribution in [0.25, 0.3) is 0 Å². The van der Waals surface area contributed by atoms with Gasteiger partial charge in [0.2, 0.25) is 0 Å². The summed E-state index contributed by atoms with van der Waals surface area (Å²) in [5.74, 6) is 0.842. The van der Waals surface area contributed by atoms with Gasteiger partial charge in [-0.3, -0.25) is 4.90 Å². The lowest BCUT2D eigenvalue weighted by atomic mass is 9.90. The second kappa shape index (κ2) is 3.88. The number of carbonyl (C=O) groups is 1. The Labute approximate surface area is 114 Å². The van der Waals surface area contributed by atoms with Crippen LogP contribution in [0.5, 0.6) is 5.75 Å². The van der Waals surface area contributed by atoms with E-state index >= 15 is 0 Å². The van der Waals surface area contributed by atoms with Gasteiger partial charge in [0, 0.05) is 18.5 Å². The lowest BCUT2D eigenvalue weighted by molar-refractivity contribution is -0.0820. The molecule has 0 saturated carbocycles. The number of hydrogen-bond donors (Lipinski definition) is 1. The van der Waals surface area contributed by atoms with Gasteiger partial charge >= 0.3 is 6.03 Å². The van der Waals surface area contributed by atoms with Gasteiger partial charge in [-0.15, -0.1) is 0 Å². The van der Waals surface area contributed by atoms with Crippen molar-refractivity contribution in [2.45, 2.75) is 32.0 Å². The summed E-state index contributed by atoms with van der Waals surface area (Å²) in [6, 6.07) is 5.91. The first kappa shape index (κ1) is 11.8. The van der Waals surface area contributed by atoms with Crippen molar-refractivity contribution in [3.8, 4) is 5.75 Å². The molecule has 0 radical (unpaired) electrons. The molecule has 1 fully saturated rings. The van der Waals surface area contributed by atoms with E-state index in [1.165, 1.54) is 0 Å². The molecule has 0 spiro atoms. The minimum atomic E-state index is -0.557. The molecule has 18 heavy (non-hydrogen) atoms. The number of para-hydroxylation sites is 1. The number of benzene rings is 1. The summed E-state index contributed by atoms with van der Waals surface area (Å²) in [6.07, 6.45) is 0.774. The number of halogens is 1. The average Bonchev–Trinajstić information content (AvgIpc) is 2.30. The van der Waals surface area contributed by atoms with Crippen LogP contribution in [0.1, 0.15) is 31.9 Å². The molecular weight excluding hydrogens is 296 g/mol. The topological polar surface area (TPSA) is 41.6 Å². The molecule has 2 bridgehead atoms. The highest BCUT2D eigenvalue weighted by molar-refractivity contribution is 9.10. The third kappa shape index (κ3) is 1.53. The van der Waals surface area contributed by atoms with Gasteiger partial charge in [0.1, 0.15) is 5.75 Å². The molecular formula is C13H15BrN2O2. The van der Waals surface area contributed by atoms with E-state index in [0.29, 0.717) is 6.54 Å². The van der Waals surface area contributed by atoms with Crippen LogP contribution < -0.4 is 10.1 Å². The highest BCUT2D eigenvalue weighted by Crippen LogP contribution is 2.46. The SMILES string of the molecule is CCN1C(=O)NC2CC1(C)Oc1c(Br)cccc12. The van der Waals surface area contributed by atoms with Crippen molar-refractivity contribution >= 4 is 22.0 Å². The fourth-order valence-electron chi connectivity index (χ4n) is 2.87. The Bertz CT molecular complexity index is 520. The maximum Gasteiger partial charge on any atom is 0.320 e. The highest BCUT2D eigenvalue weighted by Gasteiger charge is 2.48. The second-order valence-electron chi connectivity index (χ2n) is 4.89. The van der Waals surface area contributed by atoms with Gasteiger partial charge in [0.15, 0.2) is 5.72 Å². The zero-order chi connectivity index (χ0) is 12.9. The minimum Gasteiger partial charge on any atom is -0.466 e. The van der Waals surface area contributed by atoms with Crippen LogP contribution in [0.3, 0.4) is 0 Å². The normalized spacial score (nSPS) is 29.4. The Morgan fingerprint density at radius 1 is 1.61 bits per heavy atom. The Morgan fingerprint density at radius 2 is 2.39 bits per heavy atom. The molecule has 2 aliphatic rings. The Morgan fingerprint density at radius 3 is 3.11 bits per heavy atom. The van der Waals surface area contributed by atoms with E-state index in [4.69, 9.17) is 4.74 Å². The number of rotatable bonds is 1. The van der Waals surface area contributed by atoms with Crippen LogP contribution in [-0.4, -0.2) is 23.2 Å². The minimum absolute atomic E-state index is 0.0338. The Balaban J connectivity index is 2.12. The third-order valence-corrected chi connectivity index (χ3v) is 4.33. The lowest BCUT2D eigenvalue weighted by Crippen LogP contribution is -2.64. The number of hydrogen-bond acceptors (Lipinski definition) is 2. The summed E-state index contributed by atoms with van der Waals surface area (Å²) < 4.78 is 7.05. The molecule has 1 N–H and O–H groups in total. The van der Waals surface area contributed by atoms with E-state index in [-0.39, 0.29) is 12.1 Å². The van der Waals surface area contributed by atoms with E-state index in [1.807, 2.05) is 32.0 Å². The quantitative estimate of drug-likeness (QED) is 0.866. The predicted octanol–water partition coefficient (Wildman–Crippen LogP) is 3.03. The summed E-state index contributed by atoms with van der Waals surface area (Å²) in [4.78, 5) is 13.8. The fourth-order valence-corrected chi connectivity index (χ4v) is 3.33. The van der Waals surface area contributed by atoms with E-state index in [1.54, 1.807) is 4.90 Å². The predicted molar refractivity (Wildman–Crippen MR) is 71.4 cm³/mol. The fraction of sp³-hybridized carbons (Fsp3) is 0.462. The van der Waals surface area contributed by atoms with Crippen molar-refractivity contribution in [3.05, 3.63) is 28.2 Å². The molecule has 0 aromatic heterocycles. The van der Waals surface area contributed by atoms with Crippen LogP contribution in [-0.2, 0) is 0 Å². The van der Waals surface area contributed by atoms with Crippen molar-refractivity contribution < 1.29 is 9.53 Å². The van der Waals surface area contributed by atoms with Gasteiger partial charge in [-0.2, -0.15) is 0 Å². The van der Waals surface area contributed by atoms with Crippen LogP contribution in [0.2, 0.25) is 0 Å². The van der Waals surface area contributed by atoms with Crippen molar-refractivity contribution in [3.63, 3.8) is 0 Å². The van der Waals surface area contributed by atoms with Crippen molar-refractivity contribution in [1.82, 2.24) is 10.2 Å². The summed E-state index contributed by atoms with van der Waals surface area (Å²) in [7, 11) is 0. The van der Waals surface area contributed by atoms with Crippen molar-refractivity contribution in [1.29, 1.82) is 0 Å². The molecule has 2 unspecified atom stereocenters. The standard InChI is InChI=1S/C13H15BrN2O2/c1-3-16-12(17)15-10-7-13(16,2)18-11-8(10)5-4-6-9(11)14/h4-6,10H,3,7H2,1-2H3,(H,15,17). The zero-order valence-corrected chi connectivity index (χ0v) is 12.0. The number of ether oxygens (including phenoxy) is 1. The maximum atomic E-state index is 12.1. The molecule has 96 valence electrons. The number of carbonyl (C=O) groups excluding carboxylic acids is 1. The maximum absolute atomic E-state index is 12.1. The molecule has 2 amide bonds. The second-order valence-corrected chi connectivity index (χ2v) is 5.74. The monoisotopic (exact) mass is 310 g/mol. The van der Waals surface area contributed by atoms with Crippen LogP contribution in [0.4, 0.5) is 4.79 Å². The molecule has 2 atom stereocenters. The van der Waals surface area contributed by atoms with Gasteiger partial charge in [0.25, 0.3) is 0 Å². The number of fused-ring (bicyclic) bond motifs is 4. The first-order valence-electron chi connectivity index (χ1n) is 6.11. The number of nitrogens with one attached hydrogen (secondary N) is 1. The van der Waals surface area contributed by atoms with Crippen LogP contribution in [0.15, 0.2) is 22.7 Å². The summed E-state index contributed by atoms with van der Waals surface area (Å²) in [6.45, 7) is 4.57. The molecule has 3 rings (SSSR count). The first-order valence-corrected chi connectivity index (χ1v) is 6.90. The molecule has 0 aliphatic carbocycles. The van der Waals surface area contributed by atoms with Gasteiger partial charge in [-0.05, 0) is 35.8 Å². The zero-order valence-electron chi connectivity index (χ0n) is 10.4. The molecule has 1 saturated heterocycles. The van der Waals surface area contributed by atoms with E-state index in [2.05, 4.69) is 21.2 Å². The largest absolute Gasteiger partial charge is 0.466 e. The third-order valence-electron chi connectivity index (χ3n) is 3.71. The molecule has 1 aromatic carbocycles. The average molecular weight is 311 g/mol. The van der Waals surface area contributed by atoms with E-state index in [9.17, 15) is 4.79 Å². The Hall–Kier alpha value is -1.23. The van der Waals surface area contributed by atoms with Crippen molar-refractivity contribution in [2.24, 2.45) is 0 Å². The number of urea groups is 1. The van der Waals surface area contributed by atoms with Crippen LogP contribution >= 0.6 is 15.9 Å².